The van der Waals surface area contributed by atoms with Gasteiger partial charge in [0, 0.05) is 22.2 Å². The second kappa shape index (κ2) is 7.89. The molecule has 0 fully saturated rings. The number of nitrogens with one attached hydrogen (secondary N) is 1. The lowest BCUT2D eigenvalue weighted by molar-refractivity contribution is 0.685. The standard InChI is InChI=1S/C21H20Cl2N6/c1-12(2)11-25-21-26-18(13-3-5-14(22)6-4-13)17-19(24)29(28-20(17)27-21)16-9-7-15(23)8-10-16/h3-10,12H,11,24H2,1-2H3,(H,25,27,28). The first-order chi connectivity index (χ1) is 13.9. The summed E-state index contributed by atoms with van der Waals surface area (Å²) in [5.74, 6) is 1.42. The summed E-state index contributed by atoms with van der Waals surface area (Å²) in [6.07, 6.45) is 0. The molecule has 0 spiro atoms. The highest BCUT2D eigenvalue weighted by Gasteiger charge is 2.19. The van der Waals surface area contributed by atoms with E-state index >= 15 is 0 Å². The zero-order chi connectivity index (χ0) is 20.5. The fourth-order valence-corrected chi connectivity index (χ4v) is 3.23. The molecule has 0 aliphatic carbocycles. The fraction of sp³-hybridized carbons (Fsp3) is 0.190. The largest absolute Gasteiger partial charge is 0.383 e. The van der Waals surface area contributed by atoms with Crippen molar-refractivity contribution in [3.63, 3.8) is 0 Å². The minimum atomic E-state index is 0.449. The van der Waals surface area contributed by atoms with Crippen LogP contribution in [0.4, 0.5) is 11.8 Å². The van der Waals surface area contributed by atoms with Gasteiger partial charge in [0.25, 0.3) is 0 Å². The van der Waals surface area contributed by atoms with Crippen molar-refractivity contribution in [3.05, 3.63) is 58.6 Å². The van der Waals surface area contributed by atoms with Crippen molar-refractivity contribution < 1.29 is 0 Å². The Bertz CT molecular complexity index is 1150. The molecule has 0 aliphatic rings. The van der Waals surface area contributed by atoms with E-state index in [9.17, 15) is 0 Å². The third-order valence-corrected chi connectivity index (χ3v) is 4.93. The molecule has 4 rings (SSSR count). The summed E-state index contributed by atoms with van der Waals surface area (Å²) >= 11 is 12.1. The zero-order valence-electron chi connectivity index (χ0n) is 16.0. The monoisotopic (exact) mass is 426 g/mol. The highest BCUT2D eigenvalue weighted by molar-refractivity contribution is 6.30. The van der Waals surface area contributed by atoms with Gasteiger partial charge in [-0.1, -0.05) is 49.2 Å². The first kappa shape index (κ1) is 19.5. The van der Waals surface area contributed by atoms with Crippen LogP contribution in [-0.4, -0.2) is 26.3 Å². The van der Waals surface area contributed by atoms with Crippen LogP contribution < -0.4 is 11.1 Å². The van der Waals surface area contributed by atoms with Crippen molar-refractivity contribution in [3.8, 4) is 16.9 Å². The maximum absolute atomic E-state index is 6.49. The molecule has 3 N–H and O–H groups in total. The molecule has 0 bridgehead atoms. The number of anilines is 2. The summed E-state index contributed by atoms with van der Waals surface area (Å²) in [5.41, 5.74) is 9.39. The number of benzene rings is 2. The van der Waals surface area contributed by atoms with Crippen molar-refractivity contribution >= 4 is 46.0 Å². The highest BCUT2D eigenvalue weighted by Crippen LogP contribution is 2.33. The van der Waals surface area contributed by atoms with E-state index in [1.807, 2.05) is 36.4 Å². The molecule has 2 aromatic carbocycles. The van der Waals surface area contributed by atoms with E-state index in [0.29, 0.717) is 44.5 Å². The summed E-state index contributed by atoms with van der Waals surface area (Å²) in [6.45, 7) is 5.00. The van der Waals surface area contributed by atoms with Crippen molar-refractivity contribution in [1.29, 1.82) is 0 Å². The van der Waals surface area contributed by atoms with Crippen LogP contribution in [0.25, 0.3) is 28.0 Å². The van der Waals surface area contributed by atoms with Crippen molar-refractivity contribution in [2.45, 2.75) is 13.8 Å². The number of fused-ring (bicyclic) bond motifs is 1. The topological polar surface area (TPSA) is 81.6 Å². The van der Waals surface area contributed by atoms with Gasteiger partial charge < -0.3 is 11.1 Å². The van der Waals surface area contributed by atoms with Gasteiger partial charge in [0.2, 0.25) is 5.95 Å². The summed E-state index contributed by atoms with van der Waals surface area (Å²) in [4.78, 5) is 9.32. The first-order valence-corrected chi connectivity index (χ1v) is 10.00. The lowest BCUT2D eigenvalue weighted by Crippen LogP contribution is -2.11. The Kier molecular flexibility index (Phi) is 5.30. The first-order valence-electron chi connectivity index (χ1n) is 9.24. The molecular formula is C21H20Cl2N6. The number of hydrogen-bond donors (Lipinski definition) is 2. The van der Waals surface area contributed by atoms with Gasteiger partial charge >= 0.3 is 0 Å². The van der Waals surface area contributed by atoms with E-state index in [1.165, 1.54) is 0 Å². The molecule has 0 radical (unpaired) electrons. The average Bonchev–Trinajstić information content (AvgIpc) is 3.03. The second-order valence-electron chi connectivity index (χ2n) is 7.15. The third-order valence-electron chi connectivity index (χ3n) is 4.43. The van der Waals surface area contributed by atoms with Crippen molar-refractivity contribution in [2.75, 3.05) is 17.6 Å². The summed E-state index contributed by atoms with van der Waals surface area (Å²) in [5, 5.41) is 9.90. The molecule has 4 aromatic rings. The van der Waals surface area contributed by atoms with Gasteiger partial charge in [0.05, 0.1) is 16.8 Å². The molecule has 0 aliphatic heterocycles. The SMILES string of the molecule is CC(C)CNc1nc(-c2ccc(Cl)cc2)c2c(N)n(-c3ccc(Cl)cc3)nc2n1. The molecule has 0 amide bonds. The maximum atomic E-state index is 6.49. The Morgan fingerprint density at radius 1 is 0.966 bits per heavy atom. The predicted molar refractivity (Wildman–Crippen MR) is 120 cm³/mol. The van der Waals surface area contributed by atoms with Gasteiger partial charge in [-0.2, -0.15) is 4.98 Å². The van der Waals surface area contributed by atoms with Crippen LogP contribution in [-0.2, 0) is 0 Å². The quantitative estimate of drug-likeness (QED) is 0.443. The summed E-state index contributed by atoms with van der Waals surface area (Å²) < 4.78 is 1.65. The van der Waals surface area contributed by atoms with Crippen LogP contribution >= 0.6 is 23.2 Å². The number of rotatable bonds is 5. The lowest BCUT2D eigenvalue weighted by Gasteiger charge is -2.10. The number of hydrogen-bond acceptors (Lipinski definition) is 5. The molecule has 2 heterocycles. The average molecular weight is 427 g/mol. The minimum absolute atomic E-state index is 0.449. The molecule has 2 aromatic heterocycles. The summed E-state index contributed by atoms with van der Waals surface area (Å²) in [6, 6.07) is 14.8. The Morgan fingerprint density at radius 3 is 2.21 bits per heavy atom. The normalized spacial score (nSPS) is 11.3. The molecule has 8 heteroatoms. The molecule has 29 heavy (non-hydrogen) atoms. The van der Waals surface area contributed by atoms with Gasteiger partial charge in [-0.15, -0.1) is 5.10 Å². The summed E-state index contributed by atoms with van der Waals surface area (Å²) in [7, 11) is 0. The number of nitrogens with zero attached hydrogens (tertiary/aromatic N) is 4. The van der Waals surface area contributed by atoms with Gasteiger partial charge in [0.1, 0.15) is 5.82 Å². The lowest BCUT2D eigenvalue weighted by atomic mass is 10.1. The Morgan fingerprint density at radius 2 is 1.59 bits per heavy atom. The molecule has 0 atom stereocenters. The zero-order valence-corrected chi connectivity index (χ0v) is 17.5. The molecule has 0 unspecified atom stereocenters. The van der Waals surface area contributed by atoms with Crippen LogP contribution in [0.2, 0.25) is 10.0 Å². The van der Waals surface area contributed by atoms with Gasteiger partial charge in [-0.25, -0.2) is 9.67 Å². The van der Waals surface area contributed by atoms with E-state index < -0.39 is 0 Å². The number of nitrogen functional groups attached to an aromatic ring is 1. The van der Waals surface area contributed by atoms with Crippen molar-refractivity contribution in [1.82, 2.24) is 19.7 Å². The minimum Gasteiger partial charge on any atom is -0.383 e. The van der Waals surface area contributed by atoms with Gasteiger partial charge in [0.15, 0.2) is 5.65 Å². The molecular weight excluding hydrogens is 407 g/mol. The van der Waals surface area contributed by atoms with Crippen LogP contribution in [0.15, 0.2) is 48.5 Å². The third kappa shape index (κ3) is 3.99. The maximum Gasteiger partial charge on any atom is 0.225 e. The van der Waals surface area contributed by atoms with Crippen molar-refractivity contribution in [2.24, 2.45) is 5.92 Å². The smallest absolute Gasteiger partial charge is 0.225 e. The van der Waals surface area contributed by atoms with Crippen LogP contribution in [0.1, 0.15) is 13.8 Å². The van der Waals surface area contributed by atoms with E-state index in [4.69, 9.17) is 33.9 Å². The molecule has 0 saturated heterocycles. The van der Waals surface area contributed by atoms with E-state index in [0.717, 1.165) is 17.8 Å². The number of aromatic nitrogens is 4. The second-order valence-corrected chi connectivity index (χ2v) is 8.02. The van der Waals surface area contributed by atoms with Gasteiger partial charge in [-0.3, -0.25) is 0 Å². The number of nitrogens with two attached hydrogens (primary N) is 1. The number of halogens is 2. The van der Waals surface area contributed by atoms with Gasteiger partial charge in [-0.05, 0) is 42.3 Å². The Balaban J connectivity index is 1.92. The molecule has 6 nitrogen and oxygen atoms in total. The molecule has 0 saturated carbocycles. The van der Waals surface area contributed by atoms with E-state index in [-0.39, 0.29) is 0 Å². The Labute approximate surface area is 178 Å². The molecule has 148 valence electrons. The Hall–Kier alpha value is -2.83. The highest BCUT2D eigenvalue weighted by atomic mass is 35.5. The fourth-order valence-electron chi connectivity index (χ4n) is 2.98. The van der Waals surface area contributed by atoms with Crippen LogP contribution in [0, 0.1) is 5.92 Å². The van der Waals surface area contributed by atoms with E-state index in [2.05, 4.69) is 29.2 Å². The van der Waals surface area contributed by atoms with E-state index in [1.54, 1.807) is 16.8 Å². The van der Waals surface area contributed by atoms with Crippen LogP contribution in [0.3, 0.4) is 0 Å². The van der Waals surface area contributed by atoms with Crippen LogP contribution in [0.5, 0.6) is 0 Å². The predicted octanol–water partition coefficient (Wildman–Crippen LogP) is 5.44.